The summed E-state index contributed by atoms with van der Waals surface area (Å²) in [6.07, 6.45) is 2.18. The van der Waals surface area contributed by atoms with Crippen LogP contribution in [0.5, 0.6) is 0 Å². The summed E-state index contributed by atoms with van der Waals surface area (Å²) in [6, 6.07) is 16.3. The van der Waals surface area contributed by atoms with Crippen LogP contribution in [0, 0.1) is 0 Å². The Kier molecular flexibility index (Phi) is 6.16. The van der Waals surface area contributed by atoms with E-state index in [1.165, 1.54) is 11.1 Å². The van der Waals surface area contributed by atoms with E-state index >= 15 is 0 Å². The largest absolute Gasteiger partial charge is 0.305 e. The van der Waals surface area contributed by atoms with Crippen LogP contribution in [-0.4, -0.2) is 16.8 Å². The molecule has 3 nitrogen and oxygen atoms in total. The fourth-order valence-electron chi connectivity index (χ4n) is 2.68. The molecule has 2 aromatic carbocycles. The molecule has 3 rings (SSSR count). The fourth-order valence-corrected chi connectivity index (χ4v) is 3.78. The van der Waals surface area contributed by atoms with Crippen molar-refractivity contribution in [3.8, 4) is 0 Å². The number of nitrogens with zero attached hydrogens (tertiary/aromatic N) is 1. The van der Waals surface area contributed by atoms with Gasteiger partial charge in [-0.05, 0) is 41.7 Å². The minimum atomic E-state index is 0.00295. The van der Waals surface area contributed by atoms with Crippen LogP contribution < -0.4 is 5.32 Å². The number of nitrogens with one attached hydrogen (secondary N) is 1. The van der Waals surface area contributed by atoms with Gasteiger partial charge in [0.2, 0.25) is 5.91 Å². The van der Waals surface area contributed by atoms with Crippen LogP contribution in [0.25, 0.3) is 0 Å². The van der Waals surface area contributed by atoms with Crippen molar-refractivity contribution in [2.24, 2.45) is 4.99 Å². The second-order valence-electron chi connectivity index (χ2n) is 6.03. The lowest BCUT2D eigenvalue weighted by Gasteiger charge is -2.06. The standard InChI is InChI=1S/C20H21ClN2OS/c1-2-14-3-8-16(9-4-14)18-13-25-20(22-18)23-19(24)12-7-15-5-10-17(21)11-6-15/h3-6,8-11,18H,2,7,12-13H2,1H3,(H,22,23,24). The van der Waals surface area contributed by atoms with Crippen LogP contribution in [0.15, 0.2) is 53.5 Å². The Bertz CT molecular complexity index is 756. The number of aryl methyl sites for hydroxylation is 2. The maximum absolute atomic E-state index is 12.1. The molecule has 0 saturated heterocycles. The van der Waals surface area contributed by atoms with Gasteiger partial charge in [-0.25, -0.2) is 0 Å². The Morgan fingerprint density at radius 2 is 1.84 bits per heavy atom. The second-order valence-corrected chi connectivity index (χ2v) is 7.48. The number of amides is 1. The highest BCUT2D eigenvalue weighted by atomic mass is 35.5. The van der Waals surface area contributed by atoms with Crippen LogP contribution in [0.4, 0.5) is 0 Å². The summed E-state index contributed by atoms with van der Waals surface area (Å²) < 4.78 is 0. The minimum Gasteiger partial charge on any atom is -0.305 e. The van der Waals surface area contributed by atoms with Crippen molar-refractivity contribution in [2.75, 3.05) is 5.75 Å². The number of hydrogen-bond donors (Lipinski definition) is 1. The molecule has 130 valence electrons. The third kappa shape index (κ3) is 5.10. The zero-order chi connectivity index (χ0) is 17.6. The van der Waals surface area contributed by atoms with Crippen molar-refractivity contribution in [1.82, 2.24) is 5.32 Å². The molecule has 0 aliphatic carbocycles. The summed E-state index contributed by atoms with van der Waals surface area (Å²) in [6.45, 7) is 2.15. The lowest BCUT2D eigenvalue weighted by molar-refractivity contribution is -0.119. The van der Waals surface area contributed by atoms with Gasteiger partial charge in [0.05, 0.1) is 6.04 Å². The second kappa shape index (κ2) is 8.54. The van der Waals surface area contributed by atoms with Gasteiger partial charge in [0.25, 0.3) is 0 Å². The molecule has 0 aromatic heterocycles. The molecule has 1 unspecified atom stereocenters. The molecular formula is C20H21ClN2OS. The molecule has 1 heterocycles. The molecule has 1 atom stereocenters. The van der Waals surface area contributed by atoms with Crippen LogP contribution in [0.1, 0.15) is 36.1 Å². The number of hydrogen-bond acceptors (Lipinski definition) is 3. The van der Waals surface area contributed by atoms with Crippen LogP contribution in [0.3, 0.4) is 0 Å². The molecule has 0 spiro atoms. The Balaban J connectivity index is 1.52. The van der Waals surface area contributed by atoms with Crippen molar-refractivity contribution in [2.45, 2.75) is 32.2 Å². The first-order chi connectivity index (χ1) is 12.1. The third-order valence-electron chi connectivity index (χ3n) is 4.22. The quantitative estimate of drug-likeness (QED) is 0.819. The van der Waals surface area contributed by atoms with Crippen molar-refractivity contribution < 1.29 is 4.79 Å². The number of amidine groups is 1. The van der Waals surface area contributed by atoms with Gasteiger partial charge in [-0.1, -0.05) is 66.7 Å². The lowest BCUT2D eigenvalue weighted by atomic mass is 10.1. The molecule has 5 heteroatoms. The molecule has 1 N–H and O–H groups in total. The molecule has 0 saturated carbocycles. The highest BCUT2D eigenvalue weighted by Crippen LogP contribution is 2.29. The summed E-state index contributed by atoms with van der Waals surface area (Å²) in [7, 11) is 0. The molecule has 1 aliphatic rings. The molecule has 0 fully saturated rings. The first kappa shape index (κ1) is 18.0. The van der Waals surface area contributed by atoms with Crippen LogP contribution in [-0.2, 0) is 17.6 Å². The molecule has 0 radical (unpaired) electrons. The maximum Gasteiger partial charge on any atom is 0.226 e. The normalized spacial score (nSPS) is 16.6. The third-order valence-corrected chi connectivity index (χ3v) is 5.44. The molecule has 0 bridgehead atoms. The predicted octanol–water partition coefficient (Wildman–Crippen LogP) is 4.80. The zero-order valence-corrected chi connectivity index (χ0v) is 15.7. The van der Waals surface area contributed by atoms with E-state index in [4.69, 9.17) is 11.6 Å². The van der Waals surface area contributed by atoms with Crippen molar-refractivity contribution in [1.29, 1.82) is 0 Å². The van der Waals surface area contributed by atoms with Gasteiger partial charge in [0, 0.05) is 17.2 Å². The molecule has 25 heavy (non-hydrogen) atoms. The van der Waals surface area contributed by atoms with Gasteiger partial charge in [0.15, 0.2) is 5.17 Å². The summed E-state index contributed by atoms with van der Waals surface area (Å²) in [5, 5.41) is 4.37. The average Bonchev–Trinajstić information content (AvgIpc) is 3.10. The van der Waals surface area contributed by atoms with E-state index in [2.05, 4.69) is 41.5 Å². The number of benzene rings is 2. The summed E-state index contributed by atoms with van der Waals surface area (Å²) >= 11 is 7.48. The van der Waals surface area contributed by atoms with E-state index in [0.717, 1.165) is 22.9 Å². The number of carbonyl (C=O) groups excluding carboxylic acids is 1. The van der Waals surface area contributed by atoms with E-state index in [0.29, 0.717) is 17.9 Å². The van der Waals surface area contributed by atoms with Gasteiger partial charge in [0.1, 0.15) is 0 Å². The molecule has 1 aliphatic heterocycles. The Morgan fingerprint density at radius 3 is 2.52 bits per heavy atom. The topological polar surface area (TPSA) is 41.5 Å². The summed E-state index contributed by atoms with van der Waals surface area (Å²) in [4.78, 5) is 16.8. The number of aliphatic imine (C=N–C) groups is 1. The molecule has 1 amide bonds. The monoisotopic (exact) mass is 372 g/mol. The van der Waals surface area contributed by atoms with Gasteiger partial charge in [-0.15, -0.1) is 0 Å². The SMILES string of the molecule is CCc1ccc(C2CSC(NC(=O)CCc3ccc(Cl)cc3)=N2)cc1. The van der Waals surface area contributed by atoms with Crippen molar-refractivity contribution in [3.63, 3.8) is 0 Å². The highest BCUT2D eigenvalue weighted by molar-refractivity contribution is 8.14. The smallest absolute Gasteiger partial charge is 0.226 e. The van der Waals surface area contributed by atoms with Crippen LogP contribution in [0.2, 0.25) is 5.02 Å². The van der Waals surface area contributed by atoms with E-state index in [-0.39, 0.29) is 11.9 Å². The van der Waals surface area contributed by atoms with Crippen molar-refractivity contribution >= 4 is 34.4 Å². The van der Waals surface area contributed by atoms with E-state index in [9.17, 15) is 4.79 Å². The van der Waals surface area contributed by atoms with Gasteiger partial charge in [-0.2, -0.15) is 0 Å². The Labute approximate surface area is 157 Å². The summed E-state index contributed by atoms with van der Waals surface area (Å²) in [5.41, 5.74) is 3.64. The van der Waals surface area contributed by atoms with Gasteiger partial charge < -0.3 is 5.32 Å². The predicted molar refractivity (Wildman–Crippen MR) is 106 cm³/mol. The molecular weight excluding hydrogens is 352 g/mol. The van der Waals surface area contributed by atoms with Gasteiger partial charge in [-0.3, -0.25) is 9.79 Å². The fraction of sp³-hybridized carbons (Fsp3) is 0.300. The zero-order valence-electron chi connectivity index (χ0n) is 14.2. The number of carbonyl (C=O) groups is 1. The first-order valence-electron chi connectivity index (χ1n) is 8.48. The maximum atomic E-state index is 12.1. The molecule has 2 aromatic rings. The summed E-state index contributed by atoms with van der Waals surface area (Å²) in [5.74, 6) is 0.876. The number of rotatable bonds is 5. The Morgan fingerprint density at radius 1 is 1.16 bits per heavy atom. The highest BCUT2D eigenvalue weighted by Gasteiger charge is 2.21. The lowest BCUT2D eigenvalue weighted by Crippen LogP contribution is -2.27. The van der Waals surface area contributed by atoms with E-state index in [1.54, 1.807) is 11.8 Å². The first-order valence-corrected chi connectivity index (χ1v) is 9.84. The van der Waals surface area contributed by atoms with Gasteiger partial charge >= 0.3 is 0 Å². The number of thioether (sulfide) groups is 1. The van der Waals surface area contributed by atoms with Crippen LogP contribution >= 0.6 is 23.4 Å². The Hall–Kier alpha value is -1.78. The average molecular weight is 373 g/mol. The number of halogens is 1. The van der Waals surface area contributed by atoms with E-state index < -0.39 is 0 Å². The minimum absolute atomic E-state index is 0.00295. The van der Waals surface area contributed by atoms with E-state index in [1.807, 2.05) is 24.3 Å². The van der Waals surface area contributed by atoms with Crippen molar-refractivity contribution in [3.05, 3.63) is 70.2 Å².